The van der Waals surface area contributed by atoms with Crippen molar-refractivity contribution in [2.45, 2.75) is 37.8 Å². The van der Waals surface area contributed by atoms with Gasteiger partial charge in [0.25, 0.3) is 0 Å². The first-order valence-electron chi connectivity index (χ1n) is 5.87. The fourth-order valence-corrected chi connectivity index (χ4v) is 2.37. The number of nitrogens with zero attached hydrogens (tertiary/aromatic N) is 1. The summed E-state index contributed by atoms with van der Waals surface area (Å²) >= 11 is 0. The maximum absolute atomic E-state index is 5.36. The molecule has 2 aliphatic heterocycles. The first-order chi connectivity index (χ1) is 6.84. The minimum Gasteiger partial charge on any atom is -0.381 e. The lowest BCUT2D eigenvalue weighted by Gasteiger charge is -2.33. The number of hydrogen-bond donors (Lipinski definition) is 1. The molecular weight excluding hydrogens is 176 g/mol. The van der Waals surface area contributed by atoms with Gasteiger partial charge >= 0.3 is 0 Å². The van der Waals surface area contributed by atoms with Gasteiger partial charge < -0.3 is 15.0 Å². The minimum atomic E-state index is 0.720. The molecule has 0 aromatic heterocycles. The van der Waals surface area contributed by atoms with Gasteiger partial charge in [0.1, 0.15) is 0 Å². The Labute approximate surface area is 86.8 Å². The van der Waals surface area contributed by atoms with E-state index < -0.39 is 0 Å². The highest BCUT2D eigenvalue weighted by molar-refractivity contribution is 4.80. The first-order valence-corrected chi connectivity index (χ1v) is 5.87. The van der Waals surface area contributed by atoms with E-state index in [1.165, 1.54) is 38.8 Å². The van der Waals surface area contributed by atoms with Gasteiger partial charge in [0.15, 0.2) is 0 Å². The second-order valence-electron chi connectivity index (χ2n) is 4.63. The fraction of sp³-hybridized carbons (Fsp3) is 1.00. The zero-order chi connectivity index (χ0) is 9.80. The molecule has 2 fully saturated rings. The molecule has 2 heterocycles. The maximum atomic E-state index is 5.36. The van der Waals surface area contributed by atoms with Gasteiger partial charge in [0, 0.05) is 25.3 Å². The molecule has 3 nitrogen and oxygen atoms in total. The van der Waals surface area contributed by atoms with Crippen LogP contribution in [-0.2, 0) is 4.74 Å². The molecule has 14 heavy (non-hydrogen) atoms. The summed E-state index contributed by atoms with van der Waals surface area (Å²) in [6.45, 7) is 4.40. The summed E-state index contributed by atoms with van der Waals surface area (Å²) in [5.41, 5.74) is 0. The van der Waals surface area contributed by atoms with Gasteiger partial charge in [-0.3, -0.25) is 0 Å². The van der Waals surface area contributed by atoms with Crippen LogP contribution in [0.3, 0.4) is 0 Å². The Morgan fingerprint density at radius 1 is 1.00 bits per heavy atom. The molecule has 0 aromatic carbocycles. The maximum Gasteiger partial charge on any atom is 0.0480 e. The summed E-state index contributed by atoms with van der Waals surface area (Å²) in [7, 11) is 2.21. The number of rotatable bonds is 2. The molecule has 2 aliphatic rings. The van der Waals surface area contributed by atoms with Crippen molar-refractivity contribution in [3.63, 3.8) is 0 Å². The zero-order valence-corrected chi connectivity index (χ0v) is 9.17. The third-order valence-corrected chi connectivity index (χ3v) is 3.41. The smallest absolute Gasteiger partial charge is 0.0480 e. The van der Waals surface area contributed by atoms with Crippen LogP contribution in [0.5, 0.6) is 0 Å². The lowest BCUT2D eigenvalue weighted by molar-refractivity contribution is 0.0715. The van der Waals surface area contributed by atoms with Crippen molar-refractivity contribution >= 4 is 0 Å². The van der Waals surface area contributed by atoms with Gasteiger partial charge in [-0.15, -0.1) is 0 Å². The summed E-state index contributed by atoms with van der Waals surface area (Å²) in [5.74, 6) is 0. The average molecular weight is 198 g/mol. The zero-order valence-electron chi connectivity index (χ0n) is 9.17. The molecule has 0 radical (unpaired) electrons. The Hall–Kier alpha value is -0.120. The number of likely N-dealkylation sites (tertiary alicyclic amines) is 1. The van der Waals surface area contributed by atoms with E-state index in [9.17, 15) is 0 Å². The van der Waals surface area contributed by atoms with Gasteiger partial charge in [-0.05, 0) is 45.8 Å². The van der Waals surface area contributed by atoms with E-state index in [1.54, 1.807) is 0 Å². The lowest BCUT2D eigenvalue weighted by atomic mass is 10.0. The number of hydrogen-bond acceptors (Lipinski definition) is 3. The SMILES string of the molecule is CN1CCC(NC2CCOCC2)CC1. The predicted molar refractivity (Wildman–Crippen MR) is 57.5 cm³/mol. The van der Waals surface area contributed by atoms with Gasteiger partial charge in [-0.2, -0.15) is 0 Å². The van der Waals surface area contributed by atoms with Crippen molar-refractivity contribution in [2.75, 3.05) is 33.4 Å². The van der Waals surface area contributed by atoms with Crippen LogP contribution in [0.25, 0.3) is 0 Å². The van der Waals surface area contributed by atoms with E-state index in [2.05, 4.69) is 17.3 Å². The van der Waals surface area contributed by atoms with Crippen LogP contribution in [0.15, 0.2) is 0 Å². The highest BCUT2D eigenvalue weighted by Crippen LogP contribution is 2.13. The topological polar surface area (TPSA) is 24.5 Å². The van der Waals surface area contributed by atoms with Crippen LogP contribution >= 0.6 is 0 Å². The molecule has 82 valence electrons. The molecule has 2 rings (SSSR count). The monoisotopic (exact) mass is 198 g/mol. The van der Waals surface area contributed by atoms with Crippen LogP contribution < -0.4 is 5.32 Å². The molecule has 0 bridgehead atoms. The van der Waals surface area contributed by atoms with Gasteiger partial charge in [-0.1, -0.05) is 0 Å². The molecule has 3 heteroatoms. The van der Waals surface area contributed by atoms with Crippen LogP contribution in [-0.4, -0.2) is 50.3 Å². The Balaban J connectivity index is 1.68. The molecule has 0 unspecified atom stereocenters. The largest absolute Gasteiger partial charge is 0.381 e. The van der Waals surface area contributed by atoms with E-state index in [4.69, 9.17) is 4.74 Å². The van der Waals surface area contributed by atoms with Crippen molar-refractivity contribution in [3.8, 4) is 0 Å². The Bertz CT molecular complexity index is 161. The van der Waals surface area contributed by atoms with E-state index in [0.29, 0.717) is 0 Å². The van der Waals surface area contributed by atoms with Crippen LogP contribution in [0, 0.1) is 0 Å². The minimum absolute atomic E-state index is 0.720. The quantitative estimate of drug-likeness (QED) is 0.712. The third-order valence-electron chi connectivity index (χ3n) is 3.41. The standard InChI is InChI=1S/C11H22N2O/c1-13-6-2-10(3-7-13)12-11-4-8-14-9-5-11/h10-12H,2-9H2,1H3. The molecule has 0 spiro atoms. The number of nitrogens with one attached hydrogen (secondary N) is 1. The summed E-state index contributed by atoms with van der Waals surface area (Å²) in [5, 5.41) is 3.77. The van der Waals surface area contributed by atoms with Crippen LogP contribution in [0.1, 0.15) is 25.7 Å². The van der Waals surface area contributed by atoms with Crippen LogP contribution in [0.4, 0.5) is 0 Å². The van der Waals surface area contributed by atoms with Gasteiger partial charge in [-0.25, -0.2) is 0 Å². The molecule has 0 aliphatic carbocycles. The highest BCUT2D eigenvalue weighted by atomic mass is 16.5. The molecular formula is C11H22N2O. The molecule has 0 saturated carbocycles. The molecule has 2 saturated heterocycles. The number of ether oxygens (including phenoxy) is 1. The fourth-order valence-electron chi connectivity index (χ4n) is 2.37. The summed E-state index contributed by atoms with van der Waals surface area (Å²) in [6, 6.07) is 1.48. The van der Waals surface area contributed by atoms with Crippen molar-refractivity contribution in [3.05, 3.63) is 0 Å². The Morgan fingerprint density at radius 2 is 1.57 bits per heavy atom. The van der Waals surface area contributed by atoms with Crippen molar-refractivity contribution in [1.82, 2.24) is 10.2 Å². The molecule has 1 N–H and O–H groups in total. The second kappa shape index (κ2) is 5.10. The van der Waals surface area contributed by atoms with E-state index in [1.807, 2.05) is 0 Å². The number of piperidine rings is 1. The summed E-state index contributed by atoms with van der Waals surface area (Å²) in [6.07, 6.45) is 5.03. The summed E-state index contributed by atoms with van der Waals surface area (Å²) in [4.78, 5) is 2.42. The Kier molecular flexibility index (Phi) is 3.79. The van der Waals surface area contributed by atoms with Crippen LogP contribution in [0.2, 0.25) is 0 Å². The predicted octanol–water partition coefficient (Wildman–Crippen LogP) is 0.849. The normalized spacial score (nSPS) is 28.1. The van der Waals surface area contributed by atoms with Crippen molar-refractivity contribution in [1.29, 1.82) is 0 Å². The van der Waals surface area contributed by atoms with E-state index in [0.717, 1.165) is 25.3 Å². The summed E-state index contributed by atoms with van der Waals surface area (Å²) < 4.78 is 5.36. The molecule has 0 aromatic rings. The molecule has 0 amide bonds. The first kappa shape index (κ1) is 10.4. The van der Waals surface area contributed by atoms with Crippen molar-refractivity contribution < 1.29 is 4.74 Å². The second-order valence-corrected chi connectivity index (χ2v) is 4.63. The lowest BCUT2D eigenvalue weighted by Crippen LogP contribution is -2.46. The van der Waals surface area contributed by atoms with E-state index >= 15 is 0 Å². The highest BCUT2D eigenvalue weighted by Gasteiger charge is 2.21. The molecule has 0 atom stereocenters. The van der Waals surface area contributed by atoms with Gasteiger partial charge in [0.05, 0.1) is 0 Å². The van der Waals surface area contributed by atoms with Gasteiger partial charge in [0.2, 0.25) is 0 Å². The van der Waals surface area contributed by atoms with E-state index in [-0.39, 0.29) is 0 Å². The van der Waals surface area contributed by atoms with Crippen molar-refractivity contribution in [2.24, 2.45) is 0 Å². The Morgan fingerprint density at radius 3 is 2.21 bits per heavy atom. The average Bonchev–Trinajstić information content (AvgIpc) is 2.23. The third kappa shape index (κ3) is 2.94.